The van der Waals surface area contributed by atoms with Gasteiger partial charge in [0.2, 0.25) is 0 Å². The maximum absolute atomic E-state index is 3.86. The van der Waals surface area contributed by atoms with Crippen LogP contribution in [0.5, 0.6) is 0 Å². The molecule has 33 valence electrons. The summed E-state index contributed by atoms with van der Waals surface area (Å²) in [4.78, 5) is 5.19. The Morgan fingerprint density at radius 2 is 2.67 bits per heavy atom. The van der Waals surface area contributed by atoms with Crippen LogP contribution in [0.25, 0.3) is 0 Å². The highest BCUT2D eigenvalue weighted by Crippen LogP contribution is 2.15. The Morgan fingerprint density at radius 3 is 2.83 bits per heavy atom. The molecule has 0 fully saturated rings. The molecular weight excluding hydrogens is 94.1 g/mol. The van der Waals surface area contributed by atoms with E-state index < -0.39 is 0 Å². The van der Waals surface area contributed by atoms with Gasteiger partial charge in [-0.15, -0.1) is 0 Å². The van der Waals surface area contributed by atoms with Gasteiger partial charge < -0.3 is 0 Å². The van der Waals surface area contributed by atoms with Gasteiger partial charge in [-0.05, 0) is 11.8 Å². The standard InChI is InChI=1S/C4H6NS/c1-4-2-5-3-6-4/h2-3,6H,1H3. The molecule has 1 rings (SSSR count). The van der Waals surface area contributed by atoms with Gasteiger partial charge in [0.1, 0.15) is 0 Å². The number of rotatable bonds is 0. The molecule has 0 saturated carbocycles. The first-order valence-corrected chi connectivity index (χ1v) is 2.75. The summed E-state index contributed by atoms with van der Waals surface area (Å²) in [5.74, 6) is 0. The number of thiol groups is 1. The van der Waals surface area contributed by atoms with E-state index in [-0.39, 0.29) is 0 Å². The molecule has 1 heterocycles. The molecule has 0 saturated heterocycles. The molecule has 0 aromatic heterocycles. The highest BCUT2D eigenvalue weighted by molar-refractivity contribution is 8.15. The number of aliphatic imine (C=N–C) groups is 1. The lowest BCUT2D eigenvalue weighted by molar-refractivity contribution is 1.55. The molecule has 0 bridgehead atoms. The van der Waals surface area contributed by atoms with Crippen molar-refractivity contribution in [3.63, 3.8) is 0 Å². The molecule has 1 aliphatic heterocycles. The van der Waals surface area contributed by atoms with E-state index >= 15 is 0 Å². The van der Waals surface area contributed by atoms with Crippen molar-refractivity contribution in [1.82, 2.24) is 0 Å². The predicted octanol–water partition coefficient (Wildman–Crippen LogP) is 1.36. The summed E-state index contributed by atoms with van der Waals surface area (Å²) in [5, 5.41) is 0. The van der Waals surface area contributed by atoms with Crippen LogP contribution in [-0.2, 0) is 0 Å². The van der Waals surface area contributed by atoms with E-state index in [1.807, 2.05) is 11.7 Å². The van der Waals surface area contributed by atoms with E-state index in [1.165, 1.54) is 16.7 Å². The van der Waals surface area contributed by atoms with Gasteiger partial charge >= 0.3 is 0 Å². The van der Waals surface area contributed by atoms with Gasteiger partial charge in [-0.25, -0.2) is 0 Å². The van der Waals surface area contributed by atoms with Crippen LogP contribution in [-0.4, -0.2) is 5.55 Å². The molecule has 0 N–H and O–H groups in total. The quantitative estimate of drug-likeness (QED) is 0.441. The van der Waals surface area contributed by atoms with E-state index in [0.29, 0.717) is 0 Å². The van der Waals surface area contributed by atoms with Crippen molar-refractivity contribution in [3.05, 3.63) is 11.1 Å². The fourth-order valence-corrected chi connectivity index (χ4v) is 0.748. The Hall–Kier alpha value is -0.240. The summed E-state index contributed by atoms with van der Waals surface area (Å²) in [6, 6.07) is 0. The summed E-state index contributed by atoms with van der Waals surface area (Å²) in [6.07, 6.45) is 1.88. The Balaban J connectivity index is 2.61. The fourth-order valence-electron chi connectivity index (χ4n) is 0.299. The van der Waals surface area contributed by atoms with Crippen LogP contribution in [0.4, 0.5) is 0 Å². The third kappa shape index (κ3) is 0.627. The van der Waals surface area contributed by atoms with Crippen LogP contribution < -0.4 is 0 Å². The molecule has 0 aromatic carbocycles. The molecule has 0 spiro atoms. The van der Waals surface area contributed by atoms with Gasteiger partial charge in [0.05, 0.1) is 5.55 Å². The molecular formula is C4H6NS. The van der Waals surface area contributed by atoms with Crippen molar-refractivity contribution < 1.29 is 0 Å². The summed E-state index contributed by atoms with van der Waals surface area (Å²) >= 11 is 1.26. The van der Waals surface area contributed by atoms with Gasteiger partial charge in [-0.2, -0.15) is 11.8 Å². The zero-order chi connectivity index (χ0) is 4.41. The molecule has 0 atom stereocenters. The van der Waals surface area contributed by atoms with E-state index in [9.17, 15) is 0 Å². The number of nitrogens with zero attached hydrogens (tertiary/aromatic N) is 1. The van der Waals surface area contributed by atoms with Crippen molar-refractivity contribution in [1.29, 1.82) is 0 Å². The van der Waals surface area contributed by atoms with Crippen LogP contribution in [0.2, 0.25) is 0 Å². The average Bonchev–Trinajstić information content (AvgIpc) is 1.86. The summed E-state index contributed by atoms with van der Waals surface area (Å²) in [7, 11) is 0. The van der Waals surface area contributed by atoms with E-state index in [2.05, 4.69) is 11.9 Å². The van der Waals surface area contributed by atoms with Crippen molar-refractivity contribution >= 4 is 17.3 Å². The first-order valence-electron chi connectivity index (χ1n) is 1.79. The normalized spacial score (nSPS) is 18.5. The maximum atomic E-state index is 3.86. The van der Waals surface area contributed by atoms with E-state index in [0.717, 1.165) is 0 Å². The van der Waals surface area contributed by atoms with Crippen LogP contribution >= 0.6 is 11.8 Å². The maximum Gasteiger partial charge on any atom is 0.0517 e. The van der Waals surface area contributed by atoms with Crippen LogP contribution in [0, 0.1) is 0 Å². The van der Waals surface area contributed by atoms with Crippen LogP contribution in [0.1, 0.15) is 6.92 Å². The lowest BCUT2D eigenvalue weighted by atomic mass is 10.7. The first kappa shape index (κ1) is 3.93. The monoisotopic (exact) mass is 100 g/mol. The molecule has 0 amide bonds. The lowest BCUT2D eigenvalue weighted by Crippen LogP contribution is -1.50. The largest absolute Gasteiger partial charge is 0.258 e. The highest BCUT2D eigenvalue weighted by atomic mass is 32.2. The summed E-state index contributed by atoms with van der Waals surface area (Å²) in [6.45, 7) is 2.06. The minimum atomic E-state index is 1.26. The van der Waals surface area contributed by atoms with Gasteiger partial charge in [0.15, 0.2) is 0 Å². The second kappa shape index (κ2) is 1.47. The zero-order valence-electron chi connectivity index (χ0n) is 3.55. The third-order valence-corrected chi connectivity index (χ3v) is 1.36. The van der Waals surface area contributed by atoms with Gasteiger partial charge in [-0.3, -0.25) is 4.99 Å². The molecule has 1 radical (unpaired) electrons. The van der Waals surface area contributed by atoms with Crippen molar-refractivity contribution in [2.24, 2.45) is 4.99 Å². The van der Waals surface area contributed by atoms with Crippen LogP contribution in [0.3, 0.4) is 0 Å². The third-order valence-electron chi connectivity index (χ3n) is 0.589. The average molecular weight is 100 g/mol. The van der Waals surface area contributed by atoms with Crippen molar-refractivity contribution in [3.8, 4) is 0 Å². The number of allylic oxidation sites excluding steroid dienone is 1. The van der Waals surface area contributed by atoms with E-state index in [4.69, 9.17) is 0 Å². The molecule has 6 heavy (non-hydrogen) atoms. The minimum absolute atomic E-state index is 1.26. The fraction of sp³-hybridized carbons (Fsp3) is 0.250. The van der Waals surface area contributed by atoms with E-state index in [1.54, 1.807) is 0 Å². The SMILES string of the molecule is CC1=CN=C[SH]1. The molecule has 0 aliphatic carbocycles. The Bertz CT molecular complexity index is 104. The minimum Gasteiger partial charge on any atom is -0.258 e. The second-order valence-electron chi connectivity index (χ2n) is 1.16. The lowest BCUT2D eigenvalue weighted by Gasteiger charge is -1.78. The Morgan fingerprint density at radius 1 is 1.83 bits per heavy atom. The molecule has 1 aliphatic rings. The van der Waals surface area contributed by atoms with Gasteiger partial charge in [0.25, 0.3) is 0 Å². The zero-order valence-corrected chi connectivity index (χ0v) is 4.44. The number of hydrogen-bond acceptors (Lipinski definition) is 1. The van der Waals surface area contributed by atoms with Gasteiger partial charge in [-0.1, -0.05) is 0 Å². The Kier molecular flexibility index (Phi) is 0.965. The molecule has 2 heteroatoms. The van der Waals surface area contributed by atoms with Crippen LogP contribution in [0.15, 0.2) is 16.1 Å². The number of hydrogen-bond donors (Lipinski definition) is 1. The van der Waals surface area contributed by atoms with Crippen molar-refractivity contribution in [2.75, 3.05) is 0 Å². The Labute approximate surface area is 41.2 Å². The molecule has 0 unspecified atom stereocenters. The predicted molar refractivity (Wildman–Crippen MR) is 31.2 cm³/mol. The second-order valence-corrected chi connectivity index (χ2v) is 2.36. The highest BCUT2D eigenvalue weighted by Gasteiger charge is 1.86. The first-order chi connectivity index (χ1) is 2.89. The van der Waals surface area contributed by atoms with Gasteiger partial charge in [0, 0.05) is 6.20 Å². The topological polar surface area (TPSA) is 12.4 Å². The van der Waals surface area contributed by atoms with Crippen molar-refractivity contribution in [2.45, 2.75) is 6.92 Å². The smallest absolute Gasteiger partial charge is 0.0517 e. The summed E-state index contributed by atoms with van der Waals surface area (Å²) < 4.78 is 0. The molecule has 1 nitrogen and oxygen atoms in total. The molecule has 0 aromatic rings. The summed E-state index contributed by atoms with van der Waals surface area (Å²) in [5.41, 5.74) is 1.88.